The number of halogens is 1. The quantitative estimate of drug-likeness (QED) is 0.817. The Morgan fingerprint density at radius 1 is 1.40 bits per heavy atom. The summed E-state index contributed by atoms with van der Waals surface area (Å²) in [5.41, 5.74) is 7.46. The Hall–Kier alpha value is -0.530. The molecule has 0 heterocycles. The molecule has 2 heteroatoms. The molecule has 2 rings (SSSR count). The van der Waals surface area contributed by atoms with Gasteiger partial charge in [0.1, 0.15) is 0 Å². The standard InChI is InChI=1S/C13H18ClN/c1-3-11-12(8(2)13(11)15)9-5-4-6-10(14)7-9/h4-8,11-13H,3,15H2,1-2H3. The van der Waals surface area contributed by atoms with Crippen molar-refractivity contribution in [2.45, 2.75) is 32.2 Å². The van der Waals surface area contributed by atoms with E-state index in [1.807, 2.05) is 12.1 Å². The van der Waals surface area contributed by atoms with E-state index in [2.05, 4.69) is 26.0 Å². The Bertz CT molecular complexity index is 350. The van der Waals surface area contributed by atoms with Gasteiger partial charge in [-0.15, -0.1) is 0 Å². The van der Waals surface area contributed by atoms with E-state index in [-0.39, 0.29) is 0 Å². The molecular formula is C13H18ClN. The van der Waals surface area contributed by atoms with Crippen molar-refractivity contribution in [1.29, 1.82) is 0 Å². The fraction of sp³-hybridized carbons (Fsp3) is 0.538. The fourth-order valence-electron chi connectivity index (χ4n) is 2.90. The zero-order valence-electron chi connectivity index (χ0n) is 9.28. The van der Waals surface area contributed by atoms with Crippen LogP contribution in [0.15, 0.2) is 24.3 Å². The van der Waals surface area contributed by atoms with E-state index in [0.717, 1.165) is 11.4 Å². The number of rotatable bonds is 2. The number of hydrogen-bond donors (Lipinski definition) is 1. The largest absolute Gasteiger partial charge is 0.327 e. The summed E-state index contributed by atoms with van der Waals surface area (Å²) in [4.78, 5) is 0. The highest BCUT2D eigenvalue weighted by Gasteiger charge is 2.44. The molecule has 1 aliphatic carbocycles. The van der Waals surface area contributed by atoms with Crippen molar-refractivity contribution in [3.05, 3.63) is 34.9 Å². The van der Waals surface area contributed by atoms with Crippen molar-refractivity contribution in [2.75, 3.05) is 0 Å². The Kier molecular flexibility index (Phi) is 3.03. The first kappa shape index (κ1) is 11.0. The minimum absolute atomic E-state index is 0.360. The minimum atomic E-state index is 0.360. The summed E-state index contributed by atoms with van der Waals surface area (Å²) < 4.78 is 0. The van der Waals surface area contributed by atoms with Gasteiger partial charge < -0.3 is 5.73 Å². The van der Waals surface area contributed by atoms with Crippen LogP contribution in [0.2, 0.25) is 5.02 Å². The molecule has 0 aliphatic heterocycles. The summed E-state index contributed by atoms with van der Waals surface area (Å²) in [7, 11) is 0. The molecule has 82 valence electrons. The normalized spacial score (nSPS) is 34.9. The molecule has 1 aromatic rings. The van der Waals surface area contributed by atoms with Crippen molar-refractivity contribution in [1.82, 2.24) is 0 Å². The van der Waals surface area contributed by atoms with Crippen molar-refractivity contribution in [3.8, 4) is 0 Å². The molecule has 15 heavy (non-hydrogen) atoms. The highest BCUT2D eigenvalue weighted by molar-refractivity contribution is 6.30. The van der Waals surface area contributed by atoms with Crippen molar-refractivity contribution < 1.29 is 0 Å². The smallest absolute Gasteiger partial charge is 0.0408 e. The van der Waals surface area contributed by atoms with Crippen LogP contribution in [0, 0.1) is 11.8 Å². The predicted octanol–water partition coefficient (Wildman–Crippen LogP) is 3.43. The third-order valence-corrected chi connectivity index (χ3v) is 4.07. The van der Waals surface area contributed by atoms with Crippen LogP contribution in [0.5, 0.6) is 0 Å². The van der Waals surface area contributed by atoms with Gasteiger partial charge in [0, 0.05) is 11.1 Å². The molecule has 4 unspecified atom stereocenters. The summed E-state index contributed by atoms with van der Waals surface area (Å²) in [5.74, 6) is 1.80. The Labute approximate surface area is 96.6 Å². The van der Waals surface area contributed by atoms with Crippen LogP contribution < -0.4 is 5.73 Å². The predicted molar refractivity (Wildman–Crippen MR) is 65.1 cm³/mol. The zero-order chi connectivity index (χ0) is 11.0. The van der Waals surface area contributed by atoms with Crippen LogP contribution in [0.1, 0.15) is 31.7 Å². The Morgan fingerprint density at radius 2 is 2.13 bits per heavy atom. The van der Waals surface area contributed by atoms with Gasteiger partial charge in [-0.1, -0.05) is 44.0 Å². The van der Waals surface area contributed by atoms with Crippen LogP contribution in [-0.4, -0.2) is 6.04 Å². The monoisotopic (exact) mass is 223 g/mol. The molecule has 0 amide bonds. The second kappa shape index (κ2) is 4.15. The summed E-state index contributed by atoms with van der Waals surface area (Å²) in [6.45, 7) is 4.45. The summed E-state index contributed by atoms with van der Waals surface area (Å²) in [5, 5.41) is 0.829. The third-order valence-electron chi connectivity index (χ3n) is 3.83. The number of hydrogen-bond acceptors (Lipinski definition) is 1. The van der Waals surface area contributed by atoms with E-state index >= 15 is 0 Å². The molecule has 2 N–H and O–H groups in total. The molecule has 0 radical (unpaired) electrons. The van der Waals surface area contributed by atoms with Gasteiger partial charge in [0.2, 0.25) is 0 Å². The molecule has 1 saturated carbocycles. The van der Waals surface area contributed by atoms with E-state index in [9.17, 15) is 0 Å². The van der Waals surface area contributed by atoms with Gasteiger partial charge in [0.25, 0.3) is 0 Å². The minimum Gasteiger partial charge on any atom is -0.327 e. The van der Waals surface area contributed by atoms with Gasteiger partial charge in [-0.3, -0.25) is 0 Å². The lowest BCUT2D eigenvalue weighted by atomic mass is 9.58. The first-order chi connectivity index (χ1) is 7.15. The van der Waals surface area contributed by atoms with Gasteiger partial charge >= 0.3 is 0 Å². The first-order valence-corrected chi connectivity index (χ1v) is 6.04. The Balaban J connectivity index is 2.24. The van der Waals surface area contributed by atoms with Crippen molar-refractivity contribution in [2.24, 2.45) is 17.6 Å². The van der Waals surface area contributed by atoms with Gasteiger partial charge in [-0.25, -0.2) is 0 Å². The van der Waals surface area contributed by atoms with Crippen LogP contribution >= 0.6 is 11.6 Å². The molecule has 1 fully saturated rings. The molecule has 0 spiro atoms. The lowest BCUT2D eigenvalue weighted by Gasteiger charge is -2.49. The fourth-order valence-corrected chi connectivity index (χ4v) is 3.10. The van der Waals surface area contributed by atoms with Crippen LogP contribution in [0.4, 0.5) is 0 Å². The first-order valence-electron chi connectivity index (χ1n) is 5.66. The van der Waals surface area contributed by atoms with Gasteiger partial charge in [-0.2, -0.15) is 0 Å². The molecular weight excluding hydrogens is 206 g/mol. The molecule has 0 aromatic heterocycles. The number of benzene rings is 1. The molecule has 1 nitrogen and oxygen atoms in total. The highest BCUT2D eigenvalue weighted by Crippen LogP contribution is 2.48. The Morgan fingerprint density at radius 3 is 2.73 bits per heavy atom. The SMILES string of the molecule is CCC1C(N)C(C)C1c1cccc(Cl)c1. The summed E-state index contributed by atoms with van der Waals surface area (Å²) >= 11 is 6.01. The van der Waals surface area contributed by atoms with Crippen LogP contribution in [0.3, 0.4) is 0 Å². The maximum Gasteiger partial charge on any atom is 0.0408 e. The van der Waals surface area contributed by atoms with Crippen LogP contribution in [-0.2, 0) is 0 Å². The van der Waals surface area contributed by atoms with E-state index in [1.165, 1.54) is 5.56 Å². The topological polar surface area (TPSA) is 26.0 Å². The lowest BCUT2D eigenvalue weighted by molar-refractivity contribution is 0.109. The zero-order valence-corrected chi connectivity index (χ0v) is 10.0. The molecule has 0 saturated heterocycles. The number of nitrogens with two attached hydrogens (primary N) is 1. The molecule has 1 aromatic carbocycles. The van der Waals surface area contributed by atoms with Crippen molar-refractivity contribution >= 4 is 11.6 Å². The average molecular weight is 224 g/mol. The second-order valence-corrected chi connectivity index (χ2v) is 5.03. The van der Waals surface area contributed by atoms with Crippen molar-refractivity contribution in [3.63, 3.8) is 0 Å². The van der Waals surface area contributed by atoms with E-state index in [4.69, 9.17) is 17.3 Å². The van der Waals surface area contributed by atoms with Gasteiger partial charge in [0.15, 0.2) is 0 Å². The second-order valence-electron chi connectivity index (χ2n) is 4.59. The van der Waals surface area contributed by atoms with E-state index in [0.29, 0.717) is 23.8 Å². The maximum absolute atomic E-state index is 6.11. The van der Waals surface area contributed by atoms with E-state index in [1.54, 1.807) is 0 Å². The summed E-state index contributed by atoms with van der Waals surface area (Å²) in [6.07, 6.45) is 1.16. The summed E-state index contributed by atoms with van der Waals surface area (Å²) in [6, 6.07) is 8.56. The molecule has 1 aliphatic rings. The third kappa shape index (κ3) is 1.79. The van der Waals surface area contributed by atoms with Gasteiger partial charge in [-0.05, 0) is 35.4 Å². The maximum atomic E-state index is 6.11. The molecule has 4 atom stereocenters. The van der Waals surface area contributed by atoms with E-state index < -0.39 is 0 Å². The molecule has 0 bridgehead atoms. The average Bonchev–Trinajstić information content (AvgIpc) is 2.24. The lowest BCUT2D eigenvalue weighted by Crippen LogP contribution is -2.53. The van der Waals surface area contributed by atoms with Crippen LogP contribution in [0.25, 0.3) is 0 Å². The van der Waals surface area contributed by atoms with Gasteiger partial charge in [0.05, 0.1) is 0 Å². The highest BCUT2D eigenvalue weighted by atomic mass is 35.5.